The third-order valence-corrected chi connectivity index (χ3v) is 4.17. The van der Waals surface area contributed by atoms with E-state index in [0.29, 0.717) is 0 Å². The summed E-state index contributed by atoms with van der Waals surface area (Å²) >= 11 is 0. The smallest absolute Gasteiger partial charge is 0.0896 e. The summed E-state index contributed by atoms with van der Waals surface area (Å²) in [5.41, 5.74) is -0.626. The van der Waals surface area contributed by atoms with Gasteiger partial charge in [0.2, 0.25) is 0 Å². The first kappa shape index (κ1) is 12.3. The van der Waals surface area contributed by atoms with Crippen molar-refractivity contribution in [3.63, 3.8) is 0 Å². The minimum Gasteiger partial charge on any atom is -0.390 e. The molecule has 2 heterocycles. The number of aliphatic hydroxyl groups is 1. The lowest BCUT2D eigenvalue weighted by Crippen LogP contribution is -2.42. The van der Waals surface area contributed by atoms with Crippen LogP contribution in [0.1, 0.15) is 40.5 Å². The molecule has 0 aromatic rings. The van der Waals surface area contributed by atoms with Crippen molar-refractivity contribution in [3.05, 3.63) is 0 Å². The number of rotatable bonds is 2. The molecule has 2 saturated heterocycles. The van der Waals surface area contributed by atoms with Crippen LogP contribution in [0.4, 0.5) is 0 Å². The Morgan fingerprint density at radius 1 is 1.12 bits per heavy atom. The van der Waals surface area contributed by atoms with Crippen LogP contribution in [0.2, 0.25) is 0 Å². The number of nitrogens with zero attached hydrogens (tertiary/aromatic N) is 1. The third kappa shape index (κ3) is 2.13. The van der Waals surface area contributed by atoms with Gasteiger partial charge in [0, 0.05) is 12.5 Å². The molecule has 2 aliphatic rings. The molecule has 2 aliphatic heterocycles. The van der Waals surface area contributed by atoms with Gasteiger partial charge in [0.15, 0.2) is 0 Å². The molecule has 3 heteroatoms. The molecule has 3 nitrogen and oxygen atoms in total. The first-order valence-electron chi connectivity index (χ1n) is 6.43. The van der Waals surface area contributed by atoms with Gasteiger partial charge in [-0.15, -0.1) is 0 Å². The summed E-state index contributed by atoms with van der Waals surface area (Å²) in [5.74, 6) is 0.223. The topological polar surface area (TPSA) is 32.7 Å². The number of aliphatic hydroxyl groups excluding tert-OH is 1. The molecule has 2 atom stereocenters. The van der Waals surface area contributed by atoms with E-state index in [4.69, 9.17) is 4.74 Å². The Kier molecular flexibility index (Phi) is 3.06. The third-order valence-electron chi connectivity index (χ3n) is 4.17. The lowest BCUT2D eigenvalue weighted by molar-refractivity contribution is -0.0912. The van der Waals surface area contributed by atoms with Crippen LogP contribution < -0.4 is 0 Å². The van der Waals surface area contributed by atoms with Gasteiger partial charge in [-0.05, 0) is 53.6 Å². The van der Waals surface area contributed by atoms with Crippen LogP contribution >= 0.6 is 0 Å². The normalized spacial score (nSPS) is 38.1. The SMILES string of the molecule is CC1(C)OC(C)(C)C(CN2CCCC2)C1O. The first-order valence-corrected chi connectivity index (χ1v) is 6.43. The highest BCUT2D eigenvalue weighted by molar-refractivity contribution is 5.02. The van der Waals surface area contributed by atoms with Crippen LogP contribution in [0.5, 0.6) is 0 Å². The summed E-state index contributed by atoms with van der Waals surface area (Å²) in [6.07, 6.45) is 2.24. The average Bonchev–Trinajstić information content (AvgIpc) is 2.67. The standard InChI is InChI=1S/C13H25NO2/c1-12(2)10(9-14-7-5-6-8-14)11(15)13(3,4)16-12/h10-11,15H,5-9H2,1-4H3. The zero-order valence-electron chi connectivity index (χ0n) is 11.0. The molecule has 1 N–H and O–H groups in total. The van der Waals surface area contributed by atoms with Crippen LogP contribution in [0.25, 0.3) is 0 Å². The fourth-order valence-corrected chi connectivity index (χ4v) is 3.24. The van der Waals surface area contributed by atoms with Gasteiger partial charge in [-0.3, -0.25) is 0 Å². The van der Waals surface area contributed by atoms with Gasteiger partial charge in [0.05, 0.1) is 17.3 Å². The second-order valence-corrected chi connectivity index (χ2v) is 6.37. The average molecular weight is 227 g/mol. The number of ether oxygens (including phenoxy) is 1. The van der Waals surface area contributed by atoms with Gasteiger partial charge in [-0.1, -0.05) is 0 Å². The van der Waals surface area contributed by atoms with E-state index in [0.717, 1.165) is 6.54 Å². The number of hydrogen-bond donors (Lipinski definition) is 1. The lowest BCUT2D eigenvalue weighted by Gasteiger charge is -2.30. The number of hydrogen-bond acceptors (Lipinski definition) is 3. The quantitative estimate of drug-likeness (QED) is 0.778. The molecular weight excluding hydrogens is 202 g/mol. The Morgan fingerprint density at radius 3 is 2.12 bits per heavy atom. The molecular formula is C13H25NO2. The fraction of sp³-hybridized carbons (Fsp3) is 1.00. The fourth-order valence-electron chi connectivity index (χ4n) is 3.24. The molecule has 0 amide bonds. The first-order chi connectivity index (χ1) is 7.33. The summed E-state index contributed by atoms with van der Waals surface area (Å²) in [7, 11) is 0. The number of likely N-dealkylation sites (tertiary alicyclic amines) is 1. The Bertz CT molecular complexity index is 257. The van der Waals surface area contributed by atoms with Gasteiger partial charge in [0.25, 0.3) is 0 Å². The van der Waals surface area contributed by atoms with Crippen LogP contribution in [-0.4, -0.2) is 46.9 Å². The molecule has 0 bridgehead atoms. The Balaban J connectivity index is 2.06. The van der Waals surface area contributed by atoms with Gasteiger partial charge in [-0.2, -0.15) is 0 Å². The molecule has 0 radical (unpaired) electrons. The second-order valence-electron chi connectivity index (χ2n) is 6.37. The largest absolute Gasteiger partial charge is 0.390 e. The van der Waals surface area contributed by atoms with Crippen LogP contribution in [0.15, 0.2) is 0 Å². The van der Waals surface area contributed by atoms with E-state index >= 15 is 0 Å². The molecule has 0 aromatic carbocycles. The van der Waals surface area contributed by atoms with Crippen molar-refractivity contribution < 1.29 is 9.84 Å². The Morgan fingerprint density at radius 2 is 1.69 bits per heavy atom. The van der Waals surface area contributed by atoms with Gasteiger partial charge in [-0.25, -0.2) is 0 Å². The van der Waals surface area contributed by atoms with Crippen molar-refractivity contribution in [2.24, 2.45) is 5.92 Å². The molecule has 2 fully saturated rings. The predicted octanol–water partition coefficient (Wildman–Crippen LogP) is 1.65. The van der Waals surface area contributed by atoms with E-state index in [1.165, 1.54) is 25.9 Å². The predicted molar refractivity (Wildman–Crippen MR) is 64.4 cm³/mol. The monoisotopic (exact) mass is 227 g/mol. The van der Waals surface area contributed by atoms with Crippen molar-refractivity contribution >= 4 is 0 Å². The zero-order valence-corrected chi connectivity index (χ0v) is 11.0. The van der Waals surface area contributed by atoms with E-state index in [-0.39, 0.29) is 17.6 Å². The van der Waals surface area contributed by atoms with E-state index in [2.05, 4.69) is 18.7 Å². The van der Waals surface area contributed by atoms with E-state index < -0.39 is 5.60 Å². The second kappa shape index (κ2) is 3.97. The molecule has 16 heavy (non-hydrogen) atoms. The maximum absolute atomic E-state index is 10.4. The molecule has 2 unspecified atom stereocenters. The molecule has 0 spiro atoms. The van der Waals surface area contributed by atoms with Crippen molar-refractivity contribution in [2.45, 2.75) is 57.8 Å². The molecule has 2 rings (SSSR count). The van der Waals surface area contributed by atoms with Crippen molar-refractivity contribution in [1.29, 1.82) is 0 Å². The highest BCUT2D eigenvalue weighted by atomic mass is 16.5. The van der Waals surface area contributed by atoms with Crippen molar-refractivity contribution in [1.82, 2.24) is 4.90 Å². The molecule has 94 valence electrons. The van der Waals surface area contributed by atoms with Crippen molar-refractivity contribution in [3.8, 4) is 0 Å². The van der Waals surface area contributed by atoms with E-state index in [1.807, 2.05) is 13.8 Å². The van der Waals surface area contributed by atoms with E-state index in [9.17, 15) is 5.11 Å². The zero-order chi connectivity index (χ0) is 12.0. The highest BCUT2D eigenvalue weighted by Gasteiger charge is 2.53. The Labute approximate surface area is 98.8 Å². The highest BCUT2D eigenvalue weighted by Crippen LogP contribution is 2.42. The van der Waals surface area contributed by atoms with Crippen LogP contribution in [0.3, 0.4) is 0 Å². The maximum Gasteiger partial charge on any atom is 0.0896 e. The van der Waals surface area contributed by atoms with Gasteiger partial charge in [0.1, 0.15) is 0 Å². The minimum atomic E-state index is -0.409. The molecule has 0 aromatic heterocycles. The Hall–Kier alpha value is -0.120. The molecule has 0 aliphatic carbocycles. The minimum absolute atomic E-state index is 0.217. The lowest BCUT2D eigenvalue weighted by atomic mass is 9.84. The van der Waals surface area contributed by atoms with Gasteiger partial charge < -0.3 is 14.7 Å². The molecule has 0 saturated carbocycles. The summed E-state index contributed by atoms with van der Waals surface area (Å²) in [5, 5.41) is 10.4. The van der Waals surface area contributed by atoms with E-state index in [1.54, 1.807) is 0 Å². The summed E-state index contributed by atoms with van der Waals surface area (Å²) in [6, 6.07) is 0. The summed E-state index contributed by atoms with van der Waals surface area (Å²) in [4.78, 5) is 2.46. The maximum atomic E-state index is 10.4. The summed E-state index contributed by atoms with van der Waals surface area (Å²) in [6.45, 7) is 11.5. The van der Waals surface area contributed by atoms with Crippen LogP contribution in [-0.2, 0) is 4.74 Å². The summed E-state index contributed by atoms with van der Waals surface area (Å²) < 4.78 is 5.99. The van der Waals surface area contributed by atoms with Crippen molar-refractivity contribution in [2.75, 3.05) is 19.6 Å². The van der Waals surface area contributed by atoms with Crippen LogP contribution in [0, 0.1) is 5.92 Å². The van der Waals surface area contributed by atoms with Gasteiger partial charge >= 0.3 is 0 Å².